The summed E-state index contributed by atoms with van der Waals surface area (Å²) in [6.07, 6.45) is 0.664. The summed E-state index contributed by atoms with van der Waals surface area (Å²) in [5.41, 5.74) is 0. The third-order valence-electron chi connectivity index (χ3n) is 0.936. The molecule has 0 bridgehead atoms. The van der Waals surface area contributed by atoms with E-state index in [0.29, 0.717) is 6.42 Å². The minimum absolute atomic E-state index is 0.271. The molecule has 0 saturated heterocycles. The van der Waals surface area contributed by atoms with E-state index in [9.17, 15) is 0 Å². The van der Waals surface area contributed by atoms with Crippen LogP contribution in [-0.4, -0.2) is 34.1 Å². The predicted octanol–water partition coefficient (Wildman–Crippen LogP) is -0.685. The van der Waals surface area contributed by atoms with Crippen molar-refractivity contribution in [1.82, 2.24) is 0 Å². The Balaban J connectivity index is 3.06. The van der Waals surface area contributed by atoms with Crippen LogP contribution in [-0.2, 0) is 0 Å². The highest BCUT2D eigenvalue weighted by Gasteiger charge is 2.03. The molecule has 0 fully saturated rings. The molecule has 0 aromatic rings. The largest absolute Gasteiger partial charge is 0.394 e. The van der Waals surface area contributed by atoms with Gasteiger partial charge in [0.2, 0.25) is 0 Å². The predicted molar refractivity (Wildman–Crippen MR) is 33.7 cm³/mol. The Morgan fingerprint density at radius 1 is 1.44 bits per heavy atom. The van der Waals surface area contributed by atoms with E-state index in [-0.39, 0.29) is 6.61 Å². The Kier molecular flexibility index (Phi) is 4.67. The molecule has 2 atom stereocenters. The molecule has 0 aliphatic heterocycles. The summed E-state index contributed by atoms with van der Waals surface area (Å²) in [7, 11) is 0. The highest BCUT2D eigenvalue weighted by atomic mass is 16.3. The maximum absolute atomic E-state index is 8.69. The van der Waals surface area contributed by atoms with Gasteiger partial charge in [0, 0.05) is 0 Å². The van der Waals surface area contributed by atoms with Gasteiger partial charge in [0.1, 0.15) is 0 Å². The van der Waals surface area contributed by atoms with E-state index >= 15 is 0 Å². The lowest BCUT2D eigenvalue weighted by atomic mass is 10.1. The molecule has 0 saturated carbocycles. The Hall–Kier alpha value is -0.120. The van der Waals surface area contributed by atoms with E-state index in [1.165, 1.54) is 6.42 Å². The van der Waals surface area contributed by atoms with Gasteiger partial charge in [0.05, 0.1) is 18.8 Å². The first-order chi connectivity index (χ1) is 4.16. The highest BCUT2D eigenvalue weighted by Crippen LogP contribution is 1.97. The average molecular weight is 133 g/mol. The van der Waals surface area contributed by atoms with Crippen LogP contribution in [0.2, 0.25) is 0 Å². The minimum Gasteiger partial charge on any atom is -0.394 e. The fourth-order valence-electron chi connectivity index (χ4n) is 0.429. The Bertz CT molecular complexity index is 63.3. The summed E-state index contributed by atoms with van der Waals surface area (Å²) in [5, 5.41) is 25.6. The quantitative estimate of drug-likeness (QED) is 0.476. The molecule has 3 N–H and O–H groups in total. The first-order valence-electron chi connectivity index (χ1n) is 2.97. The van der Waals surface area contributed by atoms with Crippen molar-refractivity contribution in [2.45, 2.75) is 25.6 Å². The molecule has 0 aliphatic carbocycles. The summed E-state index contributed by atoms with van der Waals surface area (Å²) >= 11 is 0. The molecule has 2 unspecified atom stereocenters. The van der Waals surface area contributed by atoms with Crippen molar-refractivity contribution in [3.8, 4) is 0 Å². The Morgan fingerprint density at radius 2 is 2.00 bits per heavy atom. The second kappa shape index (κ2) is 4.73. The molecule has 0 aromatic heterocycles. The van der Waals surface area contributed by atoms with E-state index in [1.54, 1.807) is 6.92 Å². The third-order valence-corrected chi connectivity index (χ3v) is 0.936. The van der Waals surface area contributed by atoms with Crippen LogP contribution in [0.1, 0.15) is 13.3 Å². The van der Waals surface area contributed by atoms with Crippen LogP contribution in [0.4, 0.5) is 0 Å². The number of aliphatic hydroxyl groups is 3. The van der Waals surface area contributed by atoms with Gasteiger partial charge in [-0.1, -0.05) is 0 Å². The molecule has 3 nitrogen and oxygen atoms in total. The minimum atomic E-state index is -0.792. The monoisotopic (exact) mass is 133 g/mol. The van der Waals surface area contributed by atoms with Gasteiger partial charge in [-0.3, -0.25) is 0 Å². The molecule has 9 heavy (non-hydrogen) atoms. The van der Waals surface area contributed by atoms with Crippen molar-refractivity contribution in [2.24, 2.45) is 0 Å². The zero-order chi connectivity index (χ0) is 7.28. The maximum Gasteiger partial charge on any atom is 0.0803 e. The second-order valence-electron chi connectivity index (χ2n) is 2.07. The van der Waals surface area contributed by atoms with E-state index in [4.69, 9.17) is 15.3 Å². The molecule has 0 aliphatic rings. The van der Waals surface area contributed by atoms with E-state index in [0.717, 1.165) is 0 Å². The molecular formula is C6H13O3. The van der Waals surface area contributed by atoms with Crippen LogP contribution in [0.3, 0.4) is 0 Å². The number of hydrogen-bond donors (Lipinski definition) is 3. The Morgan fingerprint density at radius 3 is 2.33 bits per heavy atom. The lowest BCUT2D eigenvalue weighted by molar-refractivity contribution is 0.106. The van der Waals surface area contributed by atoms with Crippen molar-refractivity contribution in [3.63, 3.8) is 0 Å². The summed E-state index contributed by atoms with van der Waals surface area (Å²) in [5.74, 6) is 0. The summed E-state index contributed by atoms with van der Waals surface area (Å²) in [6.45, 7) is 1.35. The van der Waals surface area contributed by atoms with Crippen LogP contribution in [0.25, 0.3) is 0 Å². The van der Waals surface area contributed by atoms with Gasteiger partial charge in [-0.15, -0.1) is 0 Å². The van der Waals surface area contributed by atoms with E-state index in [2.05, 4.69) is 0 Å². The average Bonchev–Trinajstić information content (AvgIpc) is 1.83. The molecule has 0 spiro atoms. The standard InChI is InChI=1S/C6H13O3/c1-5(8)2-3-6(9)4-7/h3,5-9H,2,4H2,1H3. The number of aliphatic hydroxyl groups excluding tert-OH is 3. The van der Waals surface area contributed by atoms with Crippen LogP contribution >= 0.6 is 0 Å². The molecule has 55 valence electrons. The van der Waals surface area contributed by atoms with Gasteiger partial charge in [0.15, 0.2) is 0 Å². The fraction of sp³-hybridized carbons (Fsp3) is 0.833. The number of hydrogen-bond acceptors (Lipinski definition) is 3. The first-order valence-corrected chi connectivity index (χ1v) is 2.97. The van der Waals surface area contributed by atoms with Crippen LogP contribution in [0.15, 0.2) is 0 Å². The van der Waals surface area contributed by atoms with E-state index in [1.807, 2.05) is 0 Å². The highest BCUT2D eigenvalue weighted by molar-refractivity contribution is 4.76. The van der Waals surface area contributed by atoms with Crippen LogP contribution in [0, 0.1) is 6.42 Å². The molecule has 0 aromatic carbocycles. The zero-order valence-corrected chi connectivity index (χ0v) is 5.49. The Labute approximate surface area is 54.9 Å². The van der Waals surface area contributed by atoms with Crippen LogP contribution < -0.4 is 0 Å². The number of rotatable bonds is 4. The smallest absolute Gasteiger partial charge is 0.0803 e. The van der Waals surface area contributed by atoms with Gasteiger partial charge >= 0.3 is 0 Å². The van der Waals surface area contributed by atoms with Crippen molar-refractivity contribution >= 4 is 0 Å². The summed E-state index contributed by atoms with van der Waals surface area (Å²) in [4.78, 5) is 0. The SMILES string of the molecule is CC(O)C[CH]C(O)CO. The van der Waals surface area contributed by atoms with E-state index < -0.39 is 12.2 Å². The molecule has 0 heterocycles. The molecule has 0 amide bonds. The second-order valence-corrected chi connectivity index (χ2v) is 2.07. The normalized spacial score (nSPS) is 17.3. The van der Waals surface area contributed by atoms with Crippen molar-refractivity contribution in [3.05, 3.63) is 6.42 Å². The van der Waals surface area contributed by atoms with Gasteiger partial charge < -0.3 is 15.3 Å². The molecule has 3 heteroatoms. The zero-order valence-electron chi connectivity index (χ0n) is 5.49. The van der Waals surface area contributed by atoms with Gasteiger partial charge in [-0.2, -0.15) is 0 Å². The summed E-state index contributed by atoms with van der Waals surface area (Å²) in [6, 6.07) is 0. The fourth-order valence-corrected chi connectivity index (χ4v) is 0.429. The molecule has 1 radical (unpaired) electrons. The van der Waals surface area contributed by atoms with Crippen molar-refractivity contribution < 1.29 is 15.3 Å². The summed E-state index contributed by atoms with van der Waals surface area (Å²) < 4.78 is 0. The molecule has 0 rings (SSSR count). The van der Waals surface area contributed by atoms with Crippen molar-refractivity contribution in [2.75, 3.05) is 6.61 Å². The lowest BCUT2D eigenvalue weighted by Crippen LogP contribution is -2.15. The van der Waals surface area contributed by atoms with Gasteiger partial charge in [0.25, 0.3) is 0 Å². The lowest BCUT2D eigenvalue weighted by Gasteiger charge is -2.06. The van der Waals surface area contributed by atoms with Crippen molar-refractivity contribution in [1.29, 1.82) is 0 Å². The maximum atomic E-state index is 8.69. The molecular weight excluding hydrogens is 120 g/mol. The van der Waals surface area contributed by atoms with Gasteiger partial charge in [-0.05, 0) is 19.8 Å². The van der Waals surface area contributed by atoms with Crippen LogP contribution in [0.5, 0.6) is 0 Å². The first kappa shape index (κ1) is 8.88. The third kappa shape index (κ3) is 5.76. The topological polar surface area (TPSA) is 60.7 Å². The van der Waals surface area contributed by atoms with Gasteiger partial charge in [-0.25, -0.2) is 0 Å².